The molecule has 0 atom stereocenters. The van der Waals surface area contributed by atoms with Crippen molar-refractivity contribution in [1.82, 2.24) is 25.5 Å². The molecule has 1 amide bonds. The van der Waals surface area contributed by atoms with Crippen LogP contribution in [0.5, 0.6) is 5.75 Å². The van der Waals surface area contributed by atoms with E-state index in [0.29, 0.717) is 30.1 Å². The third kappa shape index (κ3) is 4.22. The molecule has 0 spiro atoms. The normalized spacial score (nSPS) is 13.8. The van der Waals surface area contributed by atoms with Gasteiger partial charge in [0.05, 0.1) is 18.4 Å². The second-order valence-electron chi connectivity index (χ2n) is 5.24. The summed E-state index contributed by atoms with van der Waals surface area (Å²) in [7, 11) is 0. The smallest absolute Gasteiger partial charge is 0.230 e. The van der Waals surface area contributed by atoms with Crippen LogP contribution in [0.3, 0.4) is 0 Å². The number of hydrogen-bond donors (Lipinski definition) is 1. The van der Waals surface area contributed by atoms with Crippen LogP contribution in [0, 0.1) is 0 Å². The summed E-state index contributed by atoms with van der Waals surface area (Å²) in [6, 6.07) is 8.12. The molecule has 1 aliphatic carbocycles. The molecular formula is C15H19N5O2S. The SMILES string of the molecule is CCOc1ccccc1CNC(=O)CSc1nnnn1C1CC1. The van der Waals surface area contributed by atoms with Gasteiger partial charge < -0.3 is 10.1 Å². The zero-order valence-electron chi connectivity index (χ0n) is 12.9. The van der Waals surface area contributed by atoms with Crippen LogP contribution in [0.25, 0.3) is 0 Å². The number of ether oxygens (including phenoxy) is 1. The van der Waals surface area contributed by atoms with Gasteiger partial charge in [0, 0.05) is 12.1 Å². The number of thioether (sulfide) groups is 1. The number of amides is 1. The Hall–Kier alpha value is -2.09. The maximum Gasteiger partial charge on any atom is 0.230 e. The molecule has 1 aromatic heterocycles. The molecule has 0 radical (unpaired) electrons. The number of nitrogens with one attached hydrogen (secondary N) is 1. The number of para-hydroxylation sites is 1. The van der Waals surface area contributed by atoms with Gasteiger partial charge in [-0.3, -0.25) is 4.79 Å². The van der Waals surface area contributed by atoms with Gasteiger partial charge in [-0.05, 0) is 36.3 Å². The third-order valence-corrected chi connectivity index (χ3v) is 4.37. The number of rotatable bonds is 8. The van der Waals surface area contributed by atoms with Gasteiger partial charge in [0.15, 0.2) is 0 Å². The predicted molar refractivity (Wildman–Crippen MR) is 86.3 cm³/mol. The van der Waals surface area contributed by atoms with Crippen molar-refractivity contribution in [3.05, 3.63) is 29.8 Å². The molecule has 1 N–H and O–H groups in total. The van der Waals surface area contributed by atoms with E-state index >= 15 is 0 Å². The molecule has 0 aliphatic heterocycles. The van der Waals surface area contributed by atoms with Gasteiger partial charge in [0.1, 0.15) is 5.75 Å². The van der Waals surface area contributed by atoms with Crippen LogP contribution < -0.4 is 10.1 Å². The van der Waals surface area contributed by atoms with Crippen molar-refractivity contribution in [2.45, 2.75) is 37.5 Å². The van der Waals surface area contributed by atoms with Crippen LogP contribution in [0.2, 0.25) is 0 Å². The fraction of sp³-hybridized carbons (Fsp3) is 0.467. The molecule has 0 unspecified atom stereocenters. The van der Waals surface area contributed by atoms with Gasteiger partial charge in [-0.2, -0.15) is 0 Å². The maximum atomic E-state index is 12.0. The quantitative estimate of drug-likeness (QED) is 0.742. The molecule has 1 aliphatic rings. The van der Waals surface area contributed by atoms with Gasteiger partial charge in [0.25, 0.3) is 0 Å². The van der Waals surface area contributed by atoms with E-state index in [1.54, 1.807) is 0 Å². The molecule has 0 saturated heterocycles. The summed E-state index contributed by atoms with van der Waals surface area (Å²) in [6.07, 6.45) is 2.22. The molecule has 1 fully saturated rings. The van der Waals surface area contributed by atoms with Crippen molar-refractivity contribution >= 4 is 17.7 Å². The Morgan fingerprint density at radius 2 is 2.26 bits per heavy atom. The monoisotopic (exact) mass is 333 g/mol. The summed E-state index contributed by atoms with van der Waals surface area (Å²) in [5, 5.41) is 15.2. The zero-order chi connectivity index (χ0) is 16.1. The summed E-state index contributed by atoms with van der Waals surface area (Å²) in [5.41, 5.74) is 0.968. The minimum absolute atomic E-state index is 0.0494. The Bertz CT molecular complexity index is 671. The molecule has 122 valence electrons. The van der Waals surface area contributed by atoms with E-state index in [9.17, 15) is 4.79 Å². The zero-order valence-corrected chi connectivity index (χ0v) is 13.8. The highest BCUT2D eigenvalue weighted by molar-refractivity contribution is 7.99. The van der Waals surface area contributed by atoms with E-state index in [1.165, 1.54) is 11.8 Å². The van der Waals surface area contributed by atoms with Gasteiger partial charge in [-0.1, -0.05) is 30.0 Å². The van der Waals surface area contributed by atoms with Gasteiger partial charge >= 0.3 is 0 Å². The molecule has 8 heteroatoms. The molecule has 1 aromatic carbocycles. The summed E-state index contributed by atoms with van der Waals surface area (Å²) >= 11 is 1.36. The Kier molecular flexibility index (Phi) is 5.12. The summed E-state index contributed by atoms with van der Waals surface area (Å²) in [4.78, 5) is 12.0. The first-order valence-corrected chi connectivity index (χ1v) is 8.64. The first kappa shape index (κ1) is 15.8. The average molecular weight is 333 g/mol. The van der Waals surface area contributed by atoms with E-state index in [-0.39, 0.29) is 5.91 Å². The lowest BCUT2D eigenvalue weighted by Crippen LogP contribution is -2.25. The highest BCUT2D eigenvalue weighted by Crippen LogP contribution is 2.36. The molecule has 3 rings (SSSR count). The molecule has 1 heterocycles. The highest BCUT2D eigenvalue weighted by atomic mass is 32.2. The second kappa shape index (κ2) is 7.45. The Labute approximate surface area is 138 Å². The first-order chi connectivity index (χ1) is 11.3. The Morgan fingerprint density at radius 1 is 1.43 bits per heavy atom. The number of tetrazole rings is 1. The number of hydrogen-bond acceptors (Lipinski definition) is 6. The average Bonchev–Trinajstić information content (AvgIpc) is 3.30. The fourth-order valence-corrected chi connectivity index (χ4v) is 2.92. The largest absolute Gasteiger partial charge is 0.494 e. The van der Waals surface area contributed by atoms with Crippen LogP contribution in [-0.4, -0.2) is 38.5 Å². The minimum Gasteiger partial charge on any atom is -0.494 e. The maximum absolute atomic E-state index is 12.0. The molecule has 1 saturated carbocycles. The lowest BCUT2D eigenvalue weighted by Gasteiger charge is -2.10. The number of nitrogens with zero attached hydrogens (tertiary/aromatic N) is 4. The molecule has 2 aromatic rings. The van der Waals surface area contributed by atoms with Crippen molar-refractivity contribution in [3.63, 3.8) is 0 Å². The summed E-state index contributed by atoms with van der Waals surface area (Å²) < 4.78 is 7.36. The number of aromatic nitrogens is 4. The molecule has 0 bridgehead atoms. The van der Waals surface area contributed by atoms with E-state index in [4.69, 9.17) is 4.74 Å². The molecule has 23 heavy (non-hydrogen) atoms. The van der Waals surface area contributed by atoms with Crippen LogP contribution in [0.4, 0.5) is 0 Å². The Morgan fingerprint density at radius 3 is 3.04 bits per heavy atom. The van der Waals surface area contributed by atoms with Crippen molar-refractivity contribution in [2.75, 3.05) is 12.4 Å². The van der Waals surface area contributed by atoms with Crippen LogP contribution >= 0.6 is 11.8 Å². The number of carbonyl (C=O) groups is 1. The summed E-state index contributed by atoms with van der Waals surface area (Å²) in [6.45, 7) is 2.99. The molecular weight excluding hydrogens is 314 g/mol. The lowest BCUT2D eigenvalue weighted by atomic mass is 10.2. The van der Waals surface area contributed by atoms with E-state index in [1.807, 2.05) is 35.9 Å². The topological polar surface area (TPSA) is 81.9 Å². The van der Waals surface area contributed by atoms with Crippen molar-refractivity contribution < 1.29 is 9.53 Å². The van der Waals surface area contributed by atoms with E-state index < -0.39 is 0 Å². The predicted octanol–water partition coefficient (Wildman–Crippen LogP) is 1.82. The number of benzene rings is 1. The Balaban J connectivity index is 1.49. The van der Waals surface area contributed by atoms with Crippen LogP contribution in [-0.2, 0) is 11.3 Å². The van der Waals surface area contributed by atoms with Crippen molar-refractivity contribution in [2.24, 2.45) is 0 Å². The van der Waals surface area contributed by atoms with Crippen molar-refractivity contribution in [3.8, 4) is 5.75 Å². The van der Waals surface area contributed by atoms with Crippen LogP contribution in [0.1, 0.15) is 31.4 Å². The third-order valence-electron chi connectivity index (χ3n) is 3.44. The first-order valence-electron chi connectivity index (χ1n) is 7.66. The van der Waals surface area contributed by atoms with Gasteiger partial charge in [0.2, 0.25) is 11.1 Å². The summed E-state index contributed by atoms with van der Waals surface area (Å²) in [5.74, 6) is 1.05. The number of carbonyl (C=O) groups excluding carboxylic acids is 1. The molecule has 7 nitrogen and oxygen atoms in total. The standard InChI is InChI=1S/C15H19N5O2S/c1-2-22-13-6-4-3-5-11(13)9-16-14(21)10-23-15-17-18-19-20(15)12-7-8-12/h3-6,12H,2,7-10H2,1H3,(H,16,21). The van der Waals surface area contributed by atoms with Gasteiger partial charge in [-0.25, -0.2) is 4.68 Å². The van der Waals surface area contributed by atoms with E-state index in [0.717, 1.165) is 24.2 Å². The van der Waals surface area contributed by atoms with Crippen molar-refractivity contribution in [1.29, 1.82) is 0 Å². The lowest BCUT2D eigenvalue weighted by molar-refractivity contribution is -0.118. The van der Waals surface area contributed by atoms with Crippen LogP contribution in [0.15, 0.2) is 29.4 Å². The van der Waals surface area contributed by atoms with Gasteiger partial charge in [-0.15, -0.1) is 5.10 Å². The minimum atomic E-state index is -0.0494. The fourth-order valence-electron chi connectivity index (χ4n) is 2.15. The highest BCUT2D eigenvalue weighted by Gasteiger charge is 2.28. The van der Waals surface area contributed by atoms with E-state index in [2.05, 4.69) is 20.8 Å². The second-order valence-corrected chi connectivity index (χ2v) is 6.19.